The molecule has 0 aromatic heterocycles. The summed E-state index contributed by atoms with van der Waals surface area (Å²) in [7, 11) is 0. The van der Waals surface area contributed by atoms with E-state index in [1.54, 1.807) is 25.1 Å². The monoisotopic (exact) mass is 401 g/mol. The minimum absolute atomic E-state index is 0.191. The minimum atomic E-state index is -4.71. The van der Waals surface area contributed by atoms with Crippen LogP contribution in [0.4, 0.5) is 30.2 Å². The molecule has 0 unspecified atom stereocenters. The topological polar surface area (TPSA) is 84.3 Å². The second-order valence-corrected chi connectivity index (χ2v) is 6.24. The normalized spacial score (nSPS) is 12.4. The first-order valence-corrected chi connectivity index (χ1v) is 8.06. The second-order valence-electron chi connectivity index (χ2n) is 5.80. The van der Waals surface area contributed by atoms with Crippen molar-refractivity contribution in [1.29, 1.82) is 0 Å². The third kappa shape index (κ3) is 5.10. The van der Waals surface area contributed by atoms with Gasteiger partial charge in [-0.2, -0.15) is 13.2 Å². The molecule has 0 aliphatic rings. The van der Waals surface area contributed by atoms with Gasteiger partial charge >= 0.3 is 6.18 Å². The molecule has 0 aliphatic heterocycles. The second kappa shape index (κ2) is 7.83. The molecule has 0 saturated carbocycles. The predicted molar refractivity (Wildman–Crippen MR) is 96.0 cm³/mol. The first-order valence-electron chi connectivity index (χ1n) is 7.68. The fourth-order valence-corrected chi connectivity index (χ4v) is 2.51. The standard InChI is InChI=1S/C17H15ClF3N3O3/c1-9-7-12(18)4-6-13(9)23-16(25)10(2)22-14-5-3-11(17(19,20)21)8-15(14)24(26)27/h3-8,10,22H,1-2H3,(H,23,25)/t10-/m0/s1. The highest BCUT2D eigenvalue weighted by atomic mass is 35.5. The molecule has 2 N–H and O–H groups in total. The maximum absolute atomic E-state index is 12.7. The Kier molecular flexibility index (Phi) is 5.94. The van der Waals surface area contributed by atoms with Crippen molar-refractivity contribution >= 4 is 34.6 Å². The number of anilines is 2. The first kappa shape index (κ1) is 20.5. The third-order valence-electron chi connectivity index (χ3n) is 3.73. The summed E-state index contributed by atoms with van der Waals surface area (Å²) in [6.45, 7) is 3.17. The number of benzene rings is 2. The summed E-state index contributed by atoms with van der Waals surface area (Å²) in [6.07, 6.45) is -4.71. The maximum atomic E-state index is 12.7. The highest BCUT2D eigenvalue weighted by Crippen LogP contribution is 2.35. The summed E-state index contributed by atoms with van der Waals surface area (Å²) in [5, 5.41) is 16.8. The number of hydrogen-bond acceptors (Lipinski definition) is 4. The van der Waals surface area contributed by atoms with Crippen molar-refractivity contribution in [3.05, 3.63) is 62.7 Å². The van der Waals surface area contributed by atoms with Crippen LogP contribution in [0, 0.1) is 17.0 Å². The van der Waals surface area contributed by atoms with Crippen molar-refractivity contribution in [2.45, 2.75) is 26.1 Å². The van der Waals surface area contributed by atoms with Gasteiger partial charge in [-0.25, -0.2) is 0 Å². The van der Waals surface area contributed by atoms with Gasteiger partial charge in [0.1, 0.15) is 11.7 Å². The van der Waals surface area contributed by atoms with E-state index in [-0.39, 0.29) is 5.69 Å². The average molecular weight is 402 g/mol. The van der Waals surface area contributed by atoms with Crippen LogP contribution in [0.15, 0.2) is 36.4 Å². The lowest BCUT2D eigenvalue weighted by Gasteiger charge is -2.17. The molecule has 0 heterocycles. The molecule has 2 aromatic carbocycles. The summed E-state index contributed by atoms with van der Waals surface area (Å²) >= 11 is 5.85. The number of amides is 1. The molecule has 0 spiro atoms. The minimum Gasteiger partial charge on any atom is -0.368 e. The van der Waals surface area contributed by atoms with E-state index in [1.165, 1.54) is 6.92 Å². The first-order chi connectivity index (χ1) is 12.5. The summed E-state index contributed by atoms with van der Waals surface area (Å²) in [6, 6.07) is 5.95. The number of nitro benzene ring substituents is 1. The van der Waals surface area contributed by atoms with Crippen molar-refractivity contribution in [1.82, 2.24) is 0 Å². The number of nitrogens with zero attached hydrogens (tertiary/aromatic N) is 1. The van der Waals surface area contributed by atoms with Crippen LogP contribution in [0.5, 0.6) is 0 Å². The van der Waals surface area contributed by atoms with Gasteiger partial charge in [-0.15, -0.1) is 0 Å². The van der Waals surface area contributed by atoms with Crippen molar-refractivity contribution in [2.24, 2.45) is 0 Å². The van der Waals surface area contributed by atoms with Gasteiger partial charge in [0, 0.05) is 16.8 Å². The highest BCUT2D eigenvalue weighted by Gasteiger charge is 2.33. The average Bonchev–Trinajstić information content (AvgIpc) is 2.56. The number of nitrogens with one attached hydrogen (secondary N) is 2. The van der Waals surface area contributed by atoms with Gasteiger partial charge in [0.15, 0.2) is 0 Å². The summed E-state index contributed by atoms with van der Waals surface area (Å²) < 4.78 is 38.2. The zero-order valence-corrected chi connectivity index (χ0v) is 15.0. The molecule has 144 valence electrons. The highest BCUT2D eigenvalue weighted by molar-refractivity contribution is 6.30. The Bertz CT molecular complexity index is 887. The van der Waals surface area contributed by atoms with Crippen LogP contribution in [0.25, 0.3) is 0 Å². The van der Waals surface area contributed by atoms with Crippen molar-refractivity contribution < 1.29 is 22.9 Å². The van der Waals surface area contributed by atoms with E-state index in [2.05, 4.69) is 10.6 Å². The molecule has 0 radical (unpaired) electrons. The smallest absolute Gasteiger partial charge is 0.368 e. The molecule has 0 aliphatic carbocycles. The molecule has 1 atom stereocenters. The van der Waals surface area contributed by atoms with Gasteiger partial charge in [0.2, 0.25) is 5.91 Å². The number of nitro groups is 1. The van der Waals surface area contributed by atoms with Crippen LogP contribution in [-0.2, 0) is 11.0 Å². The van der Waals surface area contributed by atoms with Crippen molar-refractivity contribution in [2.75, 3.05) is 10.6 Å². The van der Waals surface area contributed by atoms with Gasteiger partial charge in [0.05, 0.1) is 10.5 Å². The van der Waals surface area contributed by atoms with Crippen LogP contribution < -0.4 is 10.6 Å². The number of halogens is 4. The molecule has 10 heteroatoms. The summed E-state index contributed by atoms with van der Waals surface area (Å²) in [5.41, 5.74) is -0.896. The van der Waals surface area contributed by atoms with Gasteiger partial charge in [-0.1, -0.05) is 11.6 Å². The zero-order valence-electron chi connectivity index (χ0n) is 14.2. The molecular formula is C17H15ClF3N3O3. The number of aryl methyl sites for hydroxylation is 1. The van der Waals surface area contributed by atoms with Crippen molar-refractivity contribution in [3.8, 4) is 0 Å². The Morgan fingerprint density at radius 3 is 2.37 bits per heavy atom. The lowest BCUT2D eigenvalue weighted by molar-refractivity contribution is -0.384. The number of carbonyl (C=O) groups excluding carboxylic acids is 1. The SMILES string of the molecule is Cc1cc(Cl)ccc1NC(=O)[C@H](C)Nc1ccc(C(F)(F)F)cc1[N+](=O)[O-]. The number of hydrogen-bond donors (Lipinski definition) is 2. The van der Waals surface area contributed by atoms with Crippen molar-refractivity contribution in [3.63, 3.8) is 0 Å². The predicted octanol–water partition coefficient (Wildman–Crippen LogP) is 5.01. The fourth-order valence-electron chi connectivity index (χ4n) is 2.29. The number of rotatable bonds is 5. The molecule has 0 saturated heterocycles. The largest absolute Gasteiger partial charge is 0.416 e. The van der Waals surface area contributed by atoms with E-state index >= 15 is 0 Å². The molecule has 2 aromatic rings. The lowest BCUT2D eigenvalue weighted by atomic mass is 10.1. The fraction of sp³-hybridized carbons (Fsp3) is 0.235. The summed E-state index contributed by atoms with van der Waals surface area (Å²) in [5.74, 6) is -0.519. The number of alkyl halides is 3. The van der Waals surface area contributed by atoms with E-state index in [4.69, 9.17) is 11.6 Å². The Labute approximate surface area is 157 Å². The quantitative estimate of drug-likeness (QED) is 0.544. The van der Waals surface area contributed by atoms with Crippen LogP contribution >= 0.6 is 11.6 Å². The van der Waals surface area contributed by atoms with Crippen LogP contribution in [-0.4, -0.2) is 16.9 Å². The van der Waals surface area contributed by atoms with Gasteiger partial charge in [0.25, 0.3) is 5.69 Å². The van der Waals surface area contributed by atoms with Gasteiger partial charge in [-0.05, 0) is 49.7 Å². The summed E-state index contributed by atoms with van der Waals surface area (Å²) in [4.78, 5) is 22.5. The zero-order chi connectivity index (χ0) is 20.4. The maximum Gasteiger partial charge on any atom is 0.416 e. The molecular weight excluding hydrogens is 387 g/mol. The Hall–Kier alpha value is -2.81. The van der Waals surface area contributed by atoms with E-state index < -0.39 is 34.3 Å². The Morgan fingerprint density at radius 1 is 1.19 bits per heavy atom. The van der Waals surface area contributed by atoms with Crippen LogP contribution in [0.1, 0.15) is 18.1 Å². The van der Waals surface area contributed by atoms with Gasteiger partial charge < -0.3 is 10.6 Å². The molecule has 2 rings (SSSR count). The van der Waals surface area contributed by atoms with Crippen LogP contribution in [0.2, 0.25) is 5.02 Å². The Balaban J connectivity index is 2.20. The van der Waals surface area contributed by atoms with Gasteiger partial charge in [-0.3, -0.25) is 14.9 Å². The lowest BCUT2D eigenvalue weighted by Crippen LogP contribution is -2.32. The van der Waals surface area contributed by atoms with E-state index in [0.717, 1.165) is 6.07 Å². The van der Waals surface area contributed by atoms with E-state index in [9.17, 15) is 28.1 Å². The molecule has 6 nitrogen and oxygen atoms in total. The van der Waals surface area contributed by atoms with Crippen LogP contribution in [0.3, 0.4) is 0 Å². The number of carbonyl (C=O) groups is 1. The van der Waals surface area contributed by atoms with E-state index in [0.29, 0.717) is 28.4 Å². The van der Waals surface area contributed by atoms with E-state index in [1.807, 2.05) is 0 Å². The molecule has 1 amide bonds. The molecule has 0 fully saturated rings. The Morgan fingerprint density at radius 2 is 1.81 bits per heavy atom. The molecule has 0 bridgehead atoms. The molecule has 27 heavy (non-hydrogen) atoms. The third-order valence-corrected chi connectivity index (χ3v) is 3.97.